The summed E-state index contributed by atoms with van der Waals surface area (Å²) in [5.41, 5.74) is 1.52. The van der Waals surface area contributed by atoms with Crippen molar-refractivity contribution in [2.75, 3.05) is 62.4 Å². The van der Waals surface area contributed by atoms with E-state index in [4.69, 9.17) is 16.3 Å². The molecule has 5 amide bonds. The van der Waals surface area contributed by atoms with Gasteiger partial charge in [-0.15, -0.1) is 0 Å². The van der Waals surface area contributed by atoms with Gasteiger partial charge in [0.25, 0.3) is 11.8 Å². The predicted molar refractivity (Wildman–Crippen MR) is 248 cm³/mol. The van der Waals surface area contributed by atoms with Gasteiger partial charge >= 0.3 is 6.18 Å². The third-order valence-corrected chi connectivity index (χ3v) is 15.7. The molecule has 3 saturated heterocycles. The smallest absolute Gasteiger partial charge is 0.433 e. The quantitative estimate of drug-likeness (QED) is 0.125. The molecule has 362 valence electrons. The molecular formula is C50H51ClF4N8O6. The van der Waals surface area contributed by atoms with Gasteiger partial charge in [0.1, 0.15) is 23.3 Å². The number of hydrogen-bond acceptors (Lipinski definition) is 10. The monoisotopic (exact) mass is 970 g/mol. The number of piperidine rings is 1. The van der Waals surface area contributed by atoms with E-state index >= 15 is 9.18 Å². The van der Waals surface area contributed by atoms with Crippen molar-refractivity contribution in [3.05, 3.63) is 111 Å². The molecule has 3 aromatic carbocycles. The lowest BCUT2D eigenvalue weighted by atomic mass is 9.61. The number of fused-ring (bicyclic) bond motifs is 3. The third-order valence-electron chi connectivity index (χ3n) is 15.4. The van der Waals surface area contributed by atoms with Gasteiger partial charge < -0.3 is 30.1 Å². The molecule has 6 heterocycles. The van der Waals surface area contributed by atoms with Gasteiger partial charge in [0.15, 0.2) is 0 Å². The molecule has 3 N–H and O–H groups in total. The number of nitrogens with zero attached hydrogens (tertiary/aromatic N) is 5. The number of likely N-dealkylation sites (N-methyl/N-ethyl adjacent to an activating group) is 1. The summed E-state index contributed by atoms with van der Waals surface area (Å²) in [5, 5.41) is 8.44. The highest BCUT2D eigenvalue weighted by Crippen LogP contribution is 2.60. The van der Waals surface area contributed by atoms with Crippen LogP contribution in [0.3, 0.4) is 0 Å². The van der Waals surface area contributed by atoms with Crippen LogP contribution in [0.1, 0.15) is 94.0 Å². The van der Waals surface area contributed by atoms with Crippen molar-refractivity contribution in [3.63, 3.8) is 0 Å². The lowest BCUT2D eigenvalue weighted by molar-refractivity contribution is -0.141. The normalized spacial score (nSPS) is 25.1. The Morgan fingerprint density at radius 3 is 2.45 bits per heavy atom. The number of likely N-dealkylation sites (tertiary alicyclic amines) is 1. The number of imide groups is 1. The Balaban J connectivity index is 0.884. The Kier molecular flexibility index (Phi) is 12.1. The van der Waals surface area contributed by atoms with Gasteiger partial charge in [0.2, 0.25) is 17.7 Å². The lowest BCUT2D eigenvalue weighted by Gasteiger charge is -2.43. The van der Waals surface area contributed by atoms with Crippen molar-refractivity contribution in [1.82, 2.24) is 25.0 Å². The molecule has 69 heavy (non-hydrogen) atoms. The minimum Gasteiger partial charge on any atom is -0.495 e. The van der Waals surface area contributed by atoms with Gasteiger partial charge in [0.05, 0.1) is 23.9 Å². The van der Waals surface area contributed by atoms with Gasteiger partial charge in [-0.05, 0) is 91.9 Å². The Labute approximate surface area is 400 Å². The number of ether oxygens (including phenoxy) is 1. The molecule has 0 radical (unpaired) electrons. The number of piperazine rings is 1. The highest BCUT2D eigenvalue weighted by atomic mass is 35.5. The summed E-state index contributed by atoms with van der Waals surface area (Å²) >= 11 is 6.44. The van der Waals surface area contributed by atoms with Crippen molar-refractivity contribution in [2.45, 2.75) is 87.1 Å². The zero-order valence-electron chi connectivity index (χ0n) is 38.0. The van der Waals surface area contributed by atoms with Crippen LogP contribution in [-0.4, -0.2) is 114 Å². The van der Waals surface area contributed by atoms with Crippen LogP contribution < -0.4 is 25.6 Å². The number of rotatable bonds is 8. The second-order valence-electron chi connectivity index (χ2n) is 19.0. The molecule has 19 heteroatoms. The summed E-state index contributed by atoms with van der Waals surface area (Å²) in [6.07, 6.45) is 1.54. The van der Waals surface area contributed by atoms with Crippen molar-refractivity contribution < 1.29 is 46.3 Å². The van der Waals surface area contributed by atoms with E-state index in [1.807, 2.05) is 24.1 Å². The maximum atomic E-state index is 16.5. The van der Waals surface area contributed by atoms with Crippen LogP contribution in [0, 0.1) is 11.7 Å². The summed E-state index contributed by atoms with van der Waals surface area (Å²) in [6.45, 7) is 2.18. The zero-order valence-corrected chi connectivity index (χ0v) is 38.8. The first-order valence-corrected chi connectivity index (χ1v) is 23.7. The van der Waals surface area contributed by atoms with Crippen LogP contribution in [0.5, 0.6) is 5.75 Å². The van der Waals surface area contributed by atoms with Crippen LogP contribution in [0.25, 0.3) is 0 Å². The molecule has 1 spiro atoms. The molecule has 0 bridgehead atoms. The standard InChI is InChI=1S/C50H51ClF4N8O6/c1-60-43(41(32-9-6-10-34(51)42(32)52)49(44(60)27-7-4-3-5-8-27)26-57-36-23-39(50(53,54)55)56-24-33(36)49)46(66)58-35-14-11-28(22-38(35)69-2)47(67)62-19-17-61(18-20-62)30-12-13-31-29(21-30)25-63(48(31)68)37-15-16-40(64)59-45(37)65/h6,9-14,21-24,27,37,41,43-44,57H,3-5,7-8,15-20,25-26H2,1-2H3,(H,58,66)(H,59,64,65)/t37-,41-,43+,44-,49+/m0/s1. The van der Waals surface area contributed by atoms with Gasteiger partial charge in [-0.25, -0.2) is 4.39 Å². The van der Waals surface area contributed by atoms with Crippen molar-refractivity contribution >= 4 is 58.2 Å². The first kappa shape index (κ1) is 46.5. The van der Waals surface area contributed by atoms with E-state index in [1.54, 1.807) is 41.3 Å². The lowest BCUT2D eigenvalue weighted by Crippen LogP contribution is -2.52. The van der Waals surface area contributed by atoms with Crippen molar-refractivity contribution in [3.8, 4) is 5.75 Å². The van der Waals surface area contributed by atoms with E-state index < -0.39 is 59.0 Å². The number of methoxy groups -OCH3 is 1. The summed E-state index contributed by atoms with van der Waals surface area (Å²) in [4.78, 5) is 77.8. The fraction of sp³-hybridized carbons (Fsp3) is 0.440. The molecule has 0 unspecified atom stereocenters. The molecule has 4 fully saturated rings. The van der Waals surface area contributed by atoms with Gasteiger partial charge in [-0.1, -0.05) is 43.0 Å². The van der Waals surface area contributed by atoms with Crippen molar-refractivity contribution in [2.24, 2.45) is 5.92 Å². The van der Waals surface area contributed by atoms with Crippen LogP contribution >= 0.6 is 11.6 Å². The number of nitrogens with one attached hydrogen (secondary N) is 3. The van der Waals surface area contributed by atoms with E-state index in [0.717, 1.165) is 49.4 Å². The number of amides is 5. The van der Waals surface area contributed by atoms with Crippen LogP contribution in [0.2, 0.25) is 5.02 Å². The first-order chi connectivity index (χ1) is 33.1. The third kappa shape index (κ3) is 8.02. The van der Waals surface area contributed by atoms with E-state index in [0.29, 0.717) is 42.9 Å². The molecule has 1 aliphatic carbocycles. The van der Waals surface area contributed by atoms with E-state index in [-0.39, 0.29) is 77.3 Å². The first-order valence-electron chi connectivity index (χ1n) is 23.4. The molecule has 1 aromatic heterocycles. The summed E-state index contributed by atoms with van der Waals surface area (Å²) in [6, 6.07) is 13.8. The summed E-state index contributed by atoms with van der Waals surface area (Å²) in [7, 11) is 3.25. The number of anilines is 3. The molecule has 5 aliphatic heterocycles. The number of pyridine rings is 1. The number of hydrogen-bond donors (Lipinski definition) is 3. The predicted octanol–water partition coefficient (Wildman–Crippen LogP) is 6.97. The maximum Gasteiger partial charge on any atom is 0.433 e. The molecule has 5 atom stereocenters. The molecule has 14 nitrogen and oxygen atoms in total. The van der Waals surface area contributed by atoms with E-state index in [9.17, 15) is 32.3 Å². The average Bonchev–Trinajstić information content (AvgIpc) is 3.97. The fourth-order valence-electron chi connectivity index (χ4n) is 12.2. The van der Waals surface area contributed by atoms with E-state index in [1.165, 1.54) is 24.3 Å². The van der Waals surface area contributed by atoms with Crippen molar-refractivity contribution in [1.29, 1.82) is 0 Å². The Morgan fingerprint density at radius 1 is 0.957 bits per heavy atom. The number of alkyl halides is 3. The number of aromatic nitrogens is 1. The molecule has 4 aromatic rings. The summed E-state index contributed by atoms with van der Waals surface area (Å²) < 4.78 is 64.3. The number of halogens is 5. The van der Waals surface area contributed by atoms with Crippen LogP contribution in [0.4, 0.5) is 34.6 Å². The molecular weight excluding hydrogens is 920 g/mol. The van der Waals surface area contributed by atoms with Gasteiger partial charge in [-0.2, -0.15) is 13.2 Å². The minimum absolute atomic E-state index is 0.0277. The highest BCUT2D eigenvalue weighted by Gasteiger charge is 2.66. The topological polar surface area (TPSA) is 157 Å². The number of carbonyl (C=O) groups is 5. The Bertz CT molecular complexity index is 2760. The Morgan fingerprint density at radius 2 is 1.72 bits per heavy atom. The van der Waals surface area contributed by atoms with Gasteiger partial charge in [0, 0.05) is 97.3 Å². The zero-order chi connectivity index (χ0) is 48.5. The van der Waals surface area contributed by atoms with Gasteiger partial charge in [-0.3, -0.25) is 39.2 Å². The van der Waals surface area contributed by atoms with E-state index in [2.05, 4.69) is 25.8 Å². The van der Waals surface area contributed by atoms with Crippen LogP contribution in [0.15, 0.2) is 66.9 Å². The van der Waals surface area contributed by atoms with Crippen LogP contribution in [-0.2, 0) is 32.5 Å². The minimum atomic E-state index is -4.70. The summed E-state index contributed by atoms with van der Waals surface area (Å²) in [5.74, 6) is -3.21. The fourth-order valence-corrected chi connectivity index (χ4v) is 12.4. The number of benzene rings is 3. The molecule has 10 rings (SSSR count). The maximum absolute atomic E-state index is 16.5. The second kappa shape index (κ2) is 17.9. The molecule has 1 saturated carbocycles. The average molecular weight is 971 g/mol. The largest absolute Gasteiger partial charge is 0.495 e. The SMILES string of the molecule is COc1cc(C(=O)N2CCN(c3ccc4c(c3)CN([C@H]3CCC(=O)NC3=O)C4=O)CC2)ccc1NC(=O)[C@H]1[C@H](c2cccc(Cl)c2F)[C@]2(CNc3cc(C(F)(F)F)ncc32)[C@H](C2CCCCC2)N1C. The molecule has 6 aliphatic rings. The second-order valence-corrected chi connectivity index (χ2v) is 19.4. The highest BCUT2D eigenvalue weighted by molar-refractivity contribution is 6.30. The Hall–Kier alpha value is -6.27. The number of carbonyl (C=O) groups excluding carboxylic acids is 5.